The van der Waals surface area contributed by atoms with Crippen molar-refractivity contribution in [1.29, 1.82) is 0 Å². The molecule has 5 rings (SSSR count). The first-order valence-corrected chi connectivity index (χ1v) is 12.4. The molecule has 8 nitrogen and oxygen atoms in total. The summed E-state index contributed by atoms with van der Waals surface area (Å²) in [4.78, 5) is 23.6. The summed E-state index contributed by atoms with van der Waals surface area (Å²) in [6.07, 6.45) is 2.34. The molecule has 174 valence electrons. The number of ether oxygens (including phenoxy) is 1. The van der Waals surface area contributed by atoms with Gasteiger partial charge in [-0.3, -0.25) is 14.9 Å². The van der Waals surface area contributed by atoms with Crippen molar-refractivity contribution < 1.29 is 22.9 Å². The summed E-state index contributed by atoms with van der Waals surface area (Å²) in [5.74, 6) is -0.472. The summed E-state index contributed by atoms with van der Waals surface area (Å²) in [5, 5.41) is 11.6. The van der Waals surface area contributed by atoms with Gasteiger partial charge in [0.25, 0.3) is 0 Å². The van der Waals surface area contributed by atoms with E-state index in [1.54, 1.807) is 6.07 Å². The number of sulfonamides is 1. The number of ketones is 1. The minimum absolute atomic E-state index is 0.148. The molecule has 0 amide bonds. The van der Waals surface area contributed by atoms with E-state index in [-0.39, 0.29) is 16.4 Å². The lowest BCUT2D eigenvalue weighted by Gasteiger charge is -2.16. The van der Waals surface area contributed by atoms with Crippen LogP contribution in [-0.2, 0) is 16.4 Å². The standard InChI is InChI=1S/C25H22N2O6S/c28-24(19-8-7-18-13-17-5-1-2-6-21(17)22(18)14-19)16-33-25-10-9-20(15-23(25)27(29)30)34(31,32)26-11-3-4-12-26/h1-2,5-10,14-15H,3-4,11-13,16H2. The number of rotatable bonds is 7. The second kappa shape index (κ2) is 8.66. The number of carbonyl (C=O) groups excluding carboxylic acids is 1. The van der Waals surface area contributed by atoms with Crippen LogP contribution in [0.25, 0.3) is 11.1 Å². The van der Waals surface area contributed by atoms with E-state index in [4.69, 9.17) is 4.74 Å². The number of carbonyl (C=O) groups is 1. The summed E-state index contributed by atoms with van der Waals surface area (Å²) in [6.45, 7) is 0.391. The molecular weight excluding hydrogens is 456 g/mol. The first kappa shape index (κ1) is 22.2. The molecule has 0 N–H and O–H groups in total. The number of Topliss-reactive ketones (excluding diaryl/α,β-unsaturated/α-hetero) is 1. The lowest BCUT2D eigenvalue weighted by Crippen LogP contribution is -2.27. The highest BCUT2D eigenvalue weighted by atomic mass is 32.2. The van der Waals surface area contributed by atoms with Crippen LogP contribution in [0, 0.1) is 10.1 Å². The molecule has 3 aromatic carbocycles. The van der Waals surface area contributed by atoms with E-state index < -0.39 is 27.2 Å². The van der Waals surface area contributed by atoms with Gasteiger partial charge >= 0.3 is 5.69 Å². The van der Waals surface area contributed by atoms with Crippen molar-refractivity contribution in [3.05, 3.63) is 87.5 Å². The zero-order valence-corrected chi connectivity index (χ0v) is 19.1. The Morgan fingerprint density at radius 1 is 0.971 bits per heavy atom. The smallest absolute Gasteiger partial charge is 0.312 e. The largest absolute Gasteiger partial charge is 0.478 e. The van der Waals surface area contributed by atoms with Gasteiger partial charge in [-0.15, -0.1) is 0 Å². The quantitative estimate of drug-likeness (QED) is 0.224. The van der Waals surface area contributed by atoms with Crippen LogP contribution in [0.5, 0.6) is 5.75 Å². The molecule has 2 aliphatic rings. The summed E-state index contributed by atoms with van der Waals surface area (Å²) in [5.41, 5.74) is 4.41. The molecule has 0 aromatic heterocycles. The molecule has 0 radical (unpaired) electrons. The van der Waals surface area contributed by atoms with E-state index in [0.717, 1.165) is 42.0 Å². The van der Waals surface area contributed by atoms with Gasteiger partial charge in [-0.2, -0.15) is 4.31 Å². The Balaban J connectivity index is 1.35. The summed E-state index contributed by atoms with van der Waals surface area (Å²) in [7, 11) is -3.81. The van der Waals surface area contributed by atoms with Gasteiger partial charge in [0.15, 0.2) is 18.1 Å². The molecular formula is C25H22N2O6S. The maximum atomic E-state index is 12.8. The number of nitro benzene ring substituents is 1. The molecule has 34 heavy (non-hydrogen) atoms. The third kappa shape index (κ3) is 3.97. The van der Waals surface area contributed by atoms with E-state index in [1.165, 1.54) is 22.0 Å². The Kier molecular flexibility index (Phi) is 5.66. The van der Waals surface area contributed by atoms with Gasteiger partial charge in [0.05, 0.1) is 9.82 Å². The molecule has 0 saturated carbocycles. The molecule has 9 heteroatoms. The van der Waals surface area contributed by atoms with Gasteiger partial charge in [0, 0.05) is 24.7 Å². The highest BCUT2D eigenvalue weighted by Gasteiger charge is 2.30. The molecule has 1 saturated heterocycles. The predicted octanol–water partition coefficient (Wildman–Crippen LogP) is 4.21. The van der Waals surface area contributed by atoms with Gasteiger partial charge in [-0.25, -0.2) is 8.42 Å². The van der Waals surface area contributed by atoms with Crippen LogP contribution in [-0.4, -0.2) is 43.1 Å². The first-order valence-electron chi connectivity index (χ1n) is 11.0. The van der Waals surface area contributed by atoms with Gasteiger partial charge in [0.2, 0.25) is 10.0 Å². The normalized spacial score (nSPS) is 15.1. The van der Waals surface area contributed by atoms with E-state index >= 15 is 0 Å². The fourth-order valence-corrected chi connectivity index (χ4v) is 6.06. The van der Waals surface area contributed by atoms with Crippen LogP contribution in [0.2, 0.25) is 0 Å². The summed E-state index contributed by atoms with van der Waals surface area (Å²) in [6, 6.07) is 17.0. The Hall–Kier alpha value is -3.56. The van der Waals surface area contributed by atoms with Crippen LogP contribution < -0.4 is 4.74 Å². The van der Waals surface area contributed by atoms with E-state index in [0.29, 0.717) is 18.7 Å². The van der Waals surface area contributed by atoms with Crippen molar-refractivity contribution in [2.45, 2.75) is 24.2 Å². The fourth-order valence-electron chi connectivity index (χ4n) is 4.52. The third-order valence-corrected chi connectivity index (χ3v) is 8.20. The van der Waals surface area contributed by atoms with Crippen LogP contribution in [0.3, 0.4) is 0 Å². The molecule has 0 unspecified atom stereocenters. The maximum Gasteiger partial charge on any atom is 0.312 e. The maximum absolute atomic E-state index is 12.8. The monoisotopic (exact) mass is 478 g/mol. The number of nitro groups is 1. The lowest BCUT2D eigenvalue weighted by atomic mass is 10.0. The van der Waals surface area contributed by atoms with Gasteiger partial charge in [0.1, 0.15) is 0 Å². The highest BCUT2D eigenvalue weighted by molar-refractivity contribution is 7.89. The highest BCUT2D eigenvalue weighted by Crippen LogP contribution is 2.37. The van der Waals surface area contributed by atoms with Crippen LogP contribution >= 0.6 is 0 Å². The van der Waals surface area contributed by atoms with Crippen LogP contribution in [0.15, 0.2) is 65.6 Å². The van der Waals surface area contributed by atoms with Gasteiger partial charge in [-0.1, -0.05) is 36.4 Å². The first-order chi connectivity index (χ1) is 16.3. The van der Waals surface area contributed by atoms with Crippen molar-refractivity contribution in [2.24, 2.45) is 0 Å². The molecule has 3 aromatic rings. The molecule has 1 aliphatic heterocycles. The number of benzene rings is 3. The SMILES string of the molecule is O=C(COc1ccc(S(=O)(=O)N2CCCC2)cc1[N+](=O)[O-])c1ccc2c(c1)-c1ccccc1C2. The van der Waals surface area contributed by atoms with E-state index in [9.17, 15) is 23.3 Å². The van der Waals surface area contributed by atoms with Gasteiger partial charge < -0.3 is 4.74 Å². The number of hydrogen-bond donors (Lipinski definition) is 0. The molecule has 1 heterocycles. The summed E-state index contributed by atoms with van der Waals surface area (Å²) >= 11 is 0. The van der Waals surface area contributed by atoms with Crippen molar-refractivity contribution in [1.82, 2.24) is 4.31 Å². The topological polar surface area (TPSA) is 107 Å². The van der Waals surface area contributed by atoms with E-state index in [2.05, 4.69) is 6.07 Å². The van der Waals surface area contributed by atoms with Crippen molar-refractivity contribution in [2.75, 3.05) is 19.7 Å². The average Bonchev–Trinajstić information content (AvgIpc) is 3.50. The van der Waals surface area contributed by atoms with Crippen LogP contribution in [0.4, 0.5) is 5.69 Å². The minimum atomic E-state index is -3.81. The molecule has 0 atom stereocenters. The zero-order valence-electron chi connectivity index (χ0n) is 18.3. The van der Waals surface area contributed by atoms with Crippen molar-refractivity contribution in [3.8, 4) is 16.9 Å². The second-order valence-corrected chi connectivity index (χ2v) is 10.4. The fraction of sp³-hybridized carbons (Fsp3) is 0.240. The van der Waals surface area contributed by atoms with Crippen molar-refractivity contribution in [3.63, 3.8) is 0 Å². The zero-order chi connectivity index (χ0) is 23.9. The Labute approximate surface area is 197 Å². The molecule has 0 spiro atoms. The minimum Gasteiger partial charge on any atom is -0.478 e. The Bertz CT molecular complexity index is 1410. The average molecular weight is 479 g/mol. The van der Waals surface area contributed by atoms with Gasteiger partial charge in [-0.05, 0) is 59.7 Å². The number of hydrogen-bond acceptors (Lipinski definition) is 6. The molecule has 1 aliphatic carbocycles. The number of fused-ring (bicyclic) bond motifs is 3. The predicted molar refractivity (Wildman–Crippen MR) is 126 cm³/mol. The van der Waals surface area contributed by atoms with Crippen molar-refractivity contribution >= 4 is 21.5 Å². The summed E-state index contributed by atoms with van der Waals surface area (Å²) < 4.78 is 32.3. The molecule has 1 fully saturated rings. The number of nitrogens with zero attached hydrogens (tertiary/aromatic N) is 2. The Morgan fingerprint density at radius 3 is 2.47 bits per heavy atom. The lowest BCUT2D eigenvalue weighted by molar-refractivity contribution is -0.386. The third-order valence-electron chi connectivity index (χ3n) is 6.31. The van der Waals surface area contributed by atoms with E-state index in [1.807, 2.05) is 30.3 Å². The second-order valence-electron chi connectivity index (χ2n) is 8.42. The Morgan fingerprint density at radius 2 is 1.71 bits per heavy atom. The van der Waals surface area contributed by atoms with Crippen LogP contribution in [0.1, 0.15) is 34.3 Å². The molecule has 0 bridgehead atoms.